The number of aryl methyl sites for hydroxylation is 2. The van der Waals surface area contributed by atoms with E-state index in [2.05, 4.69) is 5.32 Å². The first-order valence-corrected chi connectivity index (χ1v) is 8.00. The third kappa shape index (κ3) is 3.99. The number of aromatic hydroxyl groups is 1. The first-order valence-electron chi connectivity index (χ1n) is 8.00. The minimum Gasteiger partial charge on any atom is -0.548 e. The zero-order valence-electron chi connectivity index (χ0n) is 14.3. The van der Waals surface area contributed by atoms with E-state index in [1.54, 1.807) is 26.8 Å². The van der Waals surface area contributed by atoms with Gasteiger partial charge in [-0.25, -0.2) is 4.79 Å². The van der Waals surface area contributed by atoms with E-state index in [1.807, 2.05) is 0 Å². The molecule has 0 aliphatic rings. The summed E-state index contributed by atoms with van der Waals surface area (Å²) in [6.45, 7) is 5.15. The second-order valence-corrected chi connectivity index (χ2v) is 6.05. The molecular weight excluding hydrogens is 326 g/mol. The van der Waals surface area contributed by atoms with Gasteiger partial charge < -0.3 is 24.7 Å². The monoisotopic (exact) mass is 346 g/mol. The Morgan fingerprint density at radius 2 is 2.00 bits per heavy atom. The lowest BCUT2D eigenvalue weighted by molar-refractivity contribution is -0.308. The maximum absolute atomic E-state index is 12.2. The maximum atomic E-state index is 12.2. The van der Waals surface area contributed by atoms with Crippen LogP contribution in [0.25, 0.3) is 11.0 Å². The van der Waals surface area contributed by atoms with Crippen molar-refractivity contribution < 1.29 is 24.2 Å². The SMILES string of the molecule is CCC[C@H](NC(=O)Cc1c(C)c2c(O)cc(C)cc2oc1=O)C(=O)[O-]. The summed E-state index contributed by atoms with van der Waals surface area (Å²) in [4.78, 5) is 35.4. The topological polar surface area (TPSA) is 120 Å². The smallest absolute Gasteiger partial charge is 0.340 e. The number of carboxylic acid groups (broad SMARTS) is 1. The minimum absolute atomic E-state index is 0.0449. The Morgan fingerprint density at radius 3 is 2.60 bits per heavy atom. The molecule has 1 aromatic carbocycles. The summed E-state index contributed by atoms with van der Waals surface area (Å²) in [5.74, 6) is -2.04. The van der Waals surface area contributed by atoms with Crippen LogP contribution in [0.15, 0.2) is 21.3 Å². The molecule has 0 spiro atoms. The summed E-state index contributed by atoms with van der Waals surface area (Å²) >= 11 is 0. The van der Waals surface area contributed by atoms with E-state index in [0.29, 0.717) is 17.4 Å². The van der Waals surface area contributed by atoms with Gasteiger partial charge in [-0.05, 0) is 43.5 Å². The summed E-state index contributed by atoms with van der Waals surface area (Å²) in [5.41, 5.74) is 0.792. The number of benzene rings is 1. The molecule has 0 bridgehead atoms. The molecule has 1 aromatic heterocycles. The number of fused-ring (bicyclic) bond motifs is 1. The van der Waals surface area contributed by atoms with Crippen LogP contribution in [0.1, 0.15) is 36.5 Å². The van der Waals surface area contributed by atoms with Crippen LogP contribution in [-0.2, 0) is 16.0 Å². The lowest BCUT2D eigenvalue weighted by Crippen LogP contribution is -2.48. The van der Waals surface area contributed by atoms with E-state index in [4.69, 9.17) is 4.42 Å². The number of carboxylic acids is 1. The van der Waals surface area contributed by atoms with Gasteiger partial charge in [-0.15, -0.1) is 0 Å². The molecule has 0 saturated carbocycles. The summed E-state index contributed by atoms with van der Waals surface area (Å²) in [5, 5.41) is 23.9. The van der Waals surface area contributed by atoms with Gasteiger partial charge in [0, 0.05) is 0 Å². The van der Waals surface area contributed by atoms with E-state index in [0.717, 1.165) is 5.56 Å². The normalized spacial score (nSPS) is 12.1. The molecule has 2 aromatic rings. The number of carbonyl (C=O) groups is 2. The van der Waals surface area contributed by atoms with Crippen molar-refractivity contribution in [1.29, 1.82) is 0 Å². The van der Waals surface area contributed by atoms with Crippen LogP contribution in [0.5, 0.6) is 5.75 Å². The van der Waals surface area contributed by atoms with Crippen molar-refractivity contribution in [2.45, 2.75) is 46.1 Å². The molecule has 134 valence electrons. The molecule has 7 nitrogen and oxygen atoms in total. The summed E-state index contributed by atoms with van der Waals surface area (Å²) in [6, 6.07) is 2.05. The zero-order valence-corrected chi connectivity index (χ0v) is 14.3. The molecule has 2 N–H and O–H groups in total. The number of aliphatic carboxylic acids is 1. The van der Waals surface area contributed by atoms with Gasteiger partial charge in [-0.2, -0.15) is 0 Å². The van der Waals surface area contributed by atoms with Crippen LogP contribution < -0.4 is 16.0 Å². The molecule has 1 amide bonds. The Balaban J connectivity index is 2.37. The first kappa shape index (κ1) is 18.5. The van der Waals surface area contributed by atoms with Crippen molar-refractivity contribution in [3.8, 4) is 5.75 Å². The number of amides is 1. The van der Waals surface area contributed by atoms with Crippen LogP contribution >= 0.6 is 0 Å². The third-order valence-corrected chi connectivity index (χ3v) is 4.04. The van der Waals surface area contributed by atoms with Crippen molar-refractivity contribution >= 4 is 22.8 Å². The predicted molar refractivity (Wildman–Crippen MR) is 89.2 cm³/mol. The Bertz CT molecular complexity index is 883. The van der Waals surface area contributed by atoms with E-state index < -0.39 is 23.5 Å². The molecule has 1 atom stereocenters. The third-order valence-electron chi connectivity index (χ3n) is 4.04. The van der Waals surface area contributed by atoms with Crippen LogP contribution in [0.3, 0.4) is 0 Å². The molecule has 2 rings (SSSR count). The average molecular weight is 346 g/mol. The largest absolute Gasteiger partial charge is 0.548 e. The molecule has 1 heterocycles. The molecule has 0 aliphatic carbocycles. The van der Waals surface area contributed by atoms with E-state index in [-0.39, 0.29) is 29.7 Å². The lowest BCUT2D eigenvalue weighted by atomic mass is 10.0. The number of phenolic OH excluding ortho intramolecular Hbond substituents is 1. The second-order valence-electron chi connectivity index (χ2n) is 6.05. The van der Waals surface area contributed by atoms with Gasteiger partial charge in [0.25, 0.3) is 0 Å². The minimum atomic E-state index is -1.37. The number of hydrogen-bond acceptors (Lipinski definition) is 6. The fraction of sp³-hybridized carbons (Fsp3) is 0.389. The van der Waals surface area contributed by atoms with Crippen LogP contribution in [0.4, 0.5) is 0 Å². The van der Waals surface area contributed by atoms with Crippen LogP contribution in [-0.4, -0.2) is 23.0 Å². The van der Waals surface area contributed by atoms with Gasteiger partial charge in [0.15, 0.2) is 0 Å². The molecule has 0 unspecified atom stereocenters. The zero-order chi connectivity index (χ0) is 18.7. The van der Waals surface area contributed by atoms with Crippen molar-refractivity contribution in [2.24, 2.45) is 0 Å². The molecule has 7 heteroatoms. The number of rotatable bonds is 6. The van der Waals surface area contributed by atoms with Gasteiger partial charge in [0.1, 0.15) is 11.3 Å². The van der Waals surface area contributed by atoms with Gasteiger partial charge >= 0.3 is 5.63 Å². The average Bonchev–Trinajstić information content (AvgIpc) is 2.49. The molecule has 25 heavy (non-hydrogen) atoms. The highest BCUT2D eigenvalue weighted by molar-refractivity contribution is 5.90. The highest BCUT2D eigenvalue weighted by Gasteiger charge is 2.19. The van der Waals surface area contributed by atoms with Gasteiger partial charge in [0.2, 0.25) is 5.91 Å². The standard InChI is InChI=1S/C18H21NO6/c1-4-5-12(17(22)23)19-15(21)8-11-10(3)16-13(20)6-9(2)7-14(16)25-18(11)24/h6-7,12,20H,4-5,8H2,1-3H3,(H,19,21)(H,22,23)/p-1/t12-/m0/s1. The first-order chi connectivity index (χ1) is 11.7. The fourth-order valence-corrected chi connectivity index (χ4v) is 2.81. The highest BCUT2D eigenvalue weighted by atomic mass is 16.4. The predicted octanol–water partition coefficient (Wildman–Crippen LogP) is 0.693. The molecule has 0 saturated heterocycles. The maximum Gasteiger partial charge on any atom is 0.340 e. The Labute approximate surface area is 144 Å². The van der Waals surface area contributed by atoms with Gasteiger partial charge in [-0.3, -0.25) is 4.79 Å². The molecular formula is C18H20NO6-. The molecule has 0 aliphatic heterocycles. The second kappa shape index (κ2) is 7.38. The Kier molecular flexibility index (Phi) is 5.46. The molecule has 0 radical (unpaired) electrons. The highest BCUT2D eigenvalue weighted by Crippen LogP contribution is 2.29. The number of nitrogens with one attached hydrogen (secondary N) is 1. The van der Waals surface area contributed by atoms with Crippen molar-refractivity contribution in [2.75, 3.05) is 0 Å². The van der Waals surface area contributed by atoms with Gasteiger partial charge in [0.05, 0.1) is 29.4 Å². The lowest BCUT2D eigenvalue weighted by Gasteiger charge is -2.19. The van der Waals surface area contributed by atoms with E-state index >= 15 is 0 Å². The summed E-state index contributed by atoms with van der Waals surface area (Å²) < 4.78 is 5.21. The molecule has 0 fully saturated rings. The van der Waals surface area contributed by atoms with Gasteiger partial charge in [-0.1, -0.05) is 13.3 Å². The van der Waals surface area contributed by atoms with Crippen molar-refractivity contribution in [3.05, 3.63) is 39.2 Å². The van der Waals surface area contributed by atoms with Crippen LogP contribution in [0, 0.1) is 13.8 Å². The number of carbonyl (C=O) groups excluding carboxylic acids is 2. The quantitative estimate of drug-likeness (QED) is 0.743. The van der Waals surface area contributed by atoms with Crippen LogP contribution in [0.2, 0.25) is 0 Å². The summed E-state index contributed by atoms with van der Waals surface area (Å²) in [7, 11) is 0. The van der Waals surface area contributed by atoms with E-state index in [1.165, 1.54) is 6.07 Å². The fourth-order valence-electron chi connectivity index (χ4n) is 2.81. The van der Waals surface area contributed by atoms with E-state index in [9.17, 15) is 24.6 Å². The number of hydrogen-bond donors (Lipinski definition) is 2. The Hall–Kier alpha value is -2.83. The Morgan fingerprint density at radius 1 is 1.32 bits per heavy atom. The summed E-state index contributed by atoms with van der Waals surface area (Å²) in [6.07, 6.45) is 0.452. The number of phenols is 1. The van der Waals surface area contributed by atoms with Crippen molar-refractivity contribution in [1.82, 2.24) is 5.32 Å². The van der Waals surface area contributed by atoms with Crippen molar-refractivity contribution in [3.63, 3.8) is 0 Å².